The molecule has 7 heteroatoms. The summed E-state index contributed by atoms with van der Waals surface area (Å²) in [5, 5.41) is 13.9. The number of carbonyl (C=O) groups is 2. The highest BCUT2D eigenvalue weighted by Crippen LogP contribution is 2.30. The van der Waals surface area contributed by atoms with E-state index in [1.807, 2.05) is 19.1 Å². The summed E-state index contributed by atoms with van der Waals surface area (Å²) in [6, 6.07) is 6.84. The Morgan fingerprint density at radius 1 is 1.32 bits per heavy atom. The first-order chi connectivity index (χ1) is 10.6. The molecule has 2 atom stereocenters. The van der Waals surface area contributed by atoms with E-state index in [1.54, 1.807) is 12.1 Å². The zero-order valence-corrected chi connectivity index (χ0v) is 12.4. The molecule has 1 aliphatic rings. The van der Waals surface area contributed by atoms with Gasteiger partial charge in [-0.2, -0.15) is 0 Å². The van der Waals surface area contributed by atoms with Crippen LogP contribution in [-0.4, -0.2) is 48.8 Å². The van der Waals surface area contributed by atoms with E-state index >= 15 is 0 Å². The van der Waals surface area contributed by atoms with Crippen LogP contribution >= 0.6 is 0 Å². The van der Waals surface area contributed by atoms with E-state index in [-0.39, 0.29) is 19.3 Å². The number of aliphatic hydroxyl groups is 1. The van der Waals surface area contributed by atoms with Crippen molar-refractivity contribution in [3.8, 4) is 11.5 Å². The minimum Gasteiger partial charge on any atom is -0.486 e. The highest BCUT2D eigenvalue weighted by molar-refractivity contribution is 6.35. The summed E-state index contributed by atoms with van der Waals surface area (Å²) in [5.74, 6) is -0.243. The van der Waals surface area contributed by atoms with Gasteiger partial charge in [-0.1, -0.05) is 19.1 Å². The van der Waals surface area contributed by atoms with Crippen LogP contribution in [0, 0.1) is 0 Å². The smallest absolute Gasteiger partial charge is 0.309 e. The van der Waals surface area contributed by atoms with Crippen LogP contribution in [0.3, 0.4) is 0 Å². The van der Waals surface area contributed by atoms with Crippen LogP contribution < -0.4 is 20.1 Å². The van der Waals surface area contributed by atoms with E-state index in [2.05, 4.69) is 10.6 Å². The molecule has 1 aromatic carbocycles. The third kappa shape index (κ3) is 4.11. The number of rotatable bonds is 5. The standard InChI is InChI=1S/C15H20N2O5/c1-2-10(8-18)17-15(20)14(19)16-7-11-9-21-12-5-3-4-6-13(12)22-11/h3-6,10-11,18H,2,7-9H2,1H3,(H,16,19)(H,17,20). The lowest BCUT2D eigenvalue weighted by Crippen LogP contribution is -2.48. The number of benzene rings is 1. The van der Waals surface area contributed by atoms with Crippen molar-refractivity contribution in [1.29, 1.82) is 0 Å². The molecule has 0 saturated carbocycles. The molecule has 0 radical (unpaired) electrons. The van der Waals surface area contributed by atoms with Gasteiger partial charge in [-0.25, -0.2) is 0 Å². The molecule has 0 aromatic heterocycles. The number of nitrogens with one attached hydrogen (secondary N) is 2. The SMILES string of the molecule is CCC(CO)NC(=O)C(=O)NCC1COc2ccccc2O1. The Morgan fingerprint density at radius 3 is 2.73 bits per heavy atom. The largest absolute Gasteiger partial charge is 0.486 e. The molecule has 120 valence electrons. The lowest BCUT2D eigenvalue weighted by atomic mass is 10.2. The first-order valence-electron chi connectivity index (χ1n) is 7.22. The van der Waals surface area contributed by atoms with Gasteiger partial charge in [0.15, 0.2) is 11.5 Å². The summed E-state index contributed by atoms with van der Waals surface area (Å²) in [6.07, 6.45) is 0.192. The maximum Gasteiger partial charge on any atom is 0.309 e. The summed E-state index contributed by atoms with van der Waals surface area (Å²) in [6.45, 7) is 2.07. The summed E-state index contributed by atoms with van der Waals surface area (Å²) in [7, 11) is 0. The predicted molar refractivity (Wildman–Crippen MR) is 78.7 cm³/mol. The minimum atomic E-state index is -0.766. The summed E-state index contributed by atoms with van der Waals surface area (Å²) in [4.78, 5) is 23.3. The Hall–Kier alpha value is -2.28. The molecule has 22 heavy (non-hydrogen) atoms. The van der Waals surface area contributed by atoms with Gasteiger partial charge in [0.25, 0.3) is 0 Å². The molecule has 2 amide bonds. The van der Waals surface area contributed by atoms with Crippen molar-refractivity contribution in [2.24, 2.45) is 0 Å². The highest BCUT2D eigenvalue weighted by Gasteiger charge is 2.23. The monoisotopic (exact) mass is 308 g/mol. The van der Waals surface area contributed by atoms with Gasteiger partial charge in [0.1, 0.15) is 12.7 Å². The van der Waals surface area contributed by atoms with E-state index in [0.717, 1.165) is 0 Å². The lowest BCUT2D eigenvalue weighted by molar-refractivity contribution is -0.140. The van der Waals surface area contributed by atoms with Crippen molar-refractivity contribution < 1.29 is 24.2 Å². The first kappa shape index (κ1) is 16.1. The van der Waals surface area contributed by atoms with Crippen molar-refractivity contribution in [2.75, 3.05) is 19.8 Å². The Balaban J connectivity index is 1.79. The molecule has 0 bridgehead atoms. The van der Waals surface area contributed by atoms with Crippen LogP contribution in [-0.2, 0) is 9.59 Å². The lowest BCUT2D eigenvalue weighted by Gasteiger charge is -2.26. The molecule has 0 saturated heterocycles. The molecule has 1 heterocycles. The van der Waals surface area contributed by atoms with Gasteiger partial charge < -0.3 is 25.2 Å². The maximum atomic E-state index is 11.7. The number of aliphatic hydroxyl groups excluding tert-OH is 1. The fourth-order valence-corrected chi connectivity index (χ4v) is 1.98. The minimum absolute atomic E-state index is 0.163. The molecule has 3 N–H and O–H groups in total. The number of amides is 2. The molecule has 1 aliphatic heterocycles. The number of fused-ring (bicyclic) bond motifs is 1. The van der Waals surface area contributed by atoms with Crippen LogP contribution in [0.1, 0.15) is 13.3 Å². The molecule has 7 nitrogen and oxygen atoms in total. The Bertz CT molecular complexity index is 530. The van der Waals surface area contributed by atoms with Gasteiger partial charge in [-0.15, -0.1) is 0 Å². The number of para-hydroxylation sites is 2. The Labute approximate surface area is 128 Å². The topological polar surface area (TPSA) is 96.9 Å². The zero-order valence-electron chi connectivity index (χ0n) is 12.4. The number of carbonyl (C=O) groups excluding carboxylic acids is 2. The molecule has 2 unspecified atom stereocenters. The van der Waals surface area contributed by atoms with Crippen molar-refractivity contribution in [3.63, 3.8) is 0 Å². The van der Waals surface area contributed by atoms with Gasteiger partial charge in [0.2, 0.25) is 0 Å². The Morgan fingerprint density at radius 2 is 2.05 bits per heavy atom. The average Bonchev–Trinajstić information content (AvgIpc) is 2.57. The van der Waals surface area contributed by atoms with Crippen LogP contribution in [0.5, 0.6) is 11.5 Å². The average molecular weight is 308 g/mol. The second-order valence-corrected chi connectivity index (χ2v) is 4.97. The summed E-state index contributed by atoms with van der Waals surface area (Å²) >= 11 is 0. The van der Waals surface area contributed by atoms with Crippen LogP contribution in [0.2, 0.25) is 0 Å². The van der Waals surface area contributed by atoms with Crippen molar-refractivity contribution >= 4 is 11.8 Å². The molecular formula is C15H20N2O5. The van der Waals surface area contributed by atoms with Crippen molar-refractivity contribution in [3.05, 3.63) is 24.3 Å². The normalized spacial score (nSPS) is 17.5. The predicted octanol–water partition coefficient (Wildman–Crippen LogP) is -0.170. The second kappa shape index (κ2) is 7.65. The maximum absolute atomic E-state index is 11.7. The van der Waals surface area contributed by atoms with Gasteiger partial charge in [-0.3, -0.25) is 9.59 Å². The molecule has 0 aliphatic carbocycles. The number of hydrogen-bond acceptors (Lipinski definition) is 5. The van der Waals surface area contributed by atoms with Crippen molar-refractivity contribution in [2.45, 2.75) is 25.5 Å². The van der Waals surface area contributed by atoms with E-state index in [4.69, 9.17) is 14.6 Å². The molecule has 0 spiro atoms. The van der Waals surface area contributed by atoms with E-state index < -0.39 is 17.9 Å². The van der Waals surface area contributed by atoms with E-state index in [0.29, 0.717) is 24.5 Å². The molecule has 2 rings (SSSR count). The van der Waals surface area contributed by atoms with Crippen LogP contribution in [0.4, 0.5) is 0 Å². The van der Waals surface area contributed by atoms with Crippen LogP contribution in [0.15, 0.2) is 24.3 Å². The summed E-state index contributed by atoms with van der Waals surface area (Å²) in [5.41, 5.74) is 0. The Kier molecular flexibility index (Phi) is 5.60. The van der Waals surface area contributed by atoms with E-state index in [9.17, 15) is 9.59 Å². The van der Waals surface area contributed by atoms with Crippen LogP contribution in [0.25, 0.3) is 0 Å². The molecule has 0 fully saturated rings. The van der Waals surface area contributed by atoms with Gasteiger partial charge in [0.05, 0.1) is 19.2 Å². The quantitative estimate of drug-likeness (QED) is 0.656. The van der Waals surface area contributed by atoms with Gasteiger partial charge >= 0.3 is 11.8 Å². The highest BCUT2D eigenvalue weighted by atomic mass is 16.6. The first-order valence-corrected chi connectivity index (χ1v) is 7.22. The third-order valence-corrected chi connectivity index (χ3v) is 3.31. The molecular weight excluding hydrogens is 288 g/mol. The van der Waals surface area contributed by atoms with E-state index in [1.165, 1.54) is 0 Å². The molecule has 1 aromatic rings. The fraction of sp³-hybridized carbons (Fsp3) is 0.467. The fourth-order valence-electron chi connectivity index (χ4n) is 1.98. The van der Waals surface area contributed by atoms with Gasteiger partial charge in [0, 0.05) is 0 Å². The summed E-state index contributed by atoms with van der Waals surface area (Å²) < 4.78 is 11.2. The second-order valence-electron chi connectivity index (χ2n) is 4.97. The van der Waals surface area contributed by atoms with Gasteiger partial charge in [-0.05, 0) is 18.6 Å². The number of hydrogen-bond donors (Lipinski definition) is 3. The third-order valence-electron chi connectivity index (χ3n) is 3.31. The zero-order chi connectivity index (χ0) is 15.9. The van der Waals surface area contributed by atoms with Crippen molar-refractivity contribution in [1.82, 2.24) is 10.6 Å². The number of ether oxygens (including phenoxy) is 2.